The summed E-state index contributed by atoms with van der Waals surface area (Å²) in [6, 6.07) is 9.11. The zero-order chi connectivity index (χ0) is 12.8. The predicted molar refractivity (Wildman–Crippen MR) is 82.1 cm³/mol. The van der Waals surface area contributed by atoms with Gasteiger partial charge in [-0.3, -0.25) is 0 Å². The molecule has 2 rings (SSSR count). The van der Waals surface area contributed by atoms with Crippen molar-refractivity contribution < 1.29 is 0 Å². The van der Waals surface area contributed by atoms with Crippen LogP contribution in [0, 0.1) is 0 Å². The summed E-state index contributed by atoms with van der Waals surface area (Å²) in [6.07, 6.45) is 7.01. The van der Waals surface area contributed by atoms with Crippen molar-refractivity contribution in [3.05, 3.63) is 28.7 Å². The molecule has 0 bridgehead atoms. The quantitative estimate of drug-likeness (QED) is 0.880. The molecule has 1 N–H and O–H groups in total. The van der Waals surface area contributed by atoms with E-state index < -0.39 is 0 Å². The molecule has 18 heavy (non-hydrogen) atoms. The molecule has 1 fully saturated rings. The molecule has 0 aromatic heterocycles. The van der Waals surface area contributed by atoms with Crippen molar-refractivity contribution in [2.75, 3.05) is 25.5 Å². The number of nitrogens with zero attached hydrogens (tertiary/aromatic N) is 1. The first kappa shape index (κ1) is 13.9. The molecule has 0 heterocycles. The van der Waals surface area contributed by atoms with Gasteiger partial charge in [0.2, 0.25) is 0 Å². The highest BCUT2D eigenvalue weighted by molar-refractivity contribution is 9.10. The molecule has 0 aliphatic heterocycles. The molecular formula is C15H23BrN2. The lowest BCUT2D eigenvalue weighted by Gasteiger charge is -2.31. The van der Waals surface area contributed by atoms with Gasteiger partial charge >= 0.3 is 0 Å². The van der Waals surface area contributed by atoms with Gasteiger partial charge in [0.15, 0.2) is 0 Å². The van der Waals surface area contributed by atoms with E-state index in [1.165, 1.54) is 37.8 Å². The van der Waals surface area contributed by atoms with Crippen LogP contribution >= 0.6 is 15.9 Å². The minimum atomic E-state index is 0.805. The van der Waals surface area contributed by atoms with Gasteiger partial charge in [-0.15, -0.1) is 0 Å². The number of anilines is 1. The van der Waals surface area contributed by atoms with E-state index in [9.17, 15) is 0 Å². The molecule has 0 spiro atoms. The first-order chi connectivity index (χ1) is 8.77. The van der Waals surface area contributed by atoms with E-state index in [-0.39, 0.29) is 0 Å². The van der Waals surface area contributed by atoms with Crippen LogP contribution in [0.2, 0.25) is 0 Å². The largest absolute Gasteiger partial charge is 0.383 e. The van der Waals surface area contributed by atoms with Gasteiger partial charge in [0.25, 0.3) is 0 Å². The second-order valence-corrected chi connectivity index (χ2v) is 6.03. The third-order valence-electron chi connectivity index (χ3n) is 3.85. The summed E-state index contributed by atoms with van der Waals surface area (Å²) in [5.41, 5.74) is 1.19. The number of halogens is 1. The molecular weight excluding hydrogens is 288 g/mol. The van der Waals surface area contributed by atoms with Gasteiger partial charge < -0.3 is 10.2 Å². The molecule has 3 heteroatoms. The van der Waals surface area contributed by atoms with E-state index in [2.05, 4.69) is 51.4 Å². The Hall–Kier alpha value is -0.540. The van der Waals surface area contributed by atoms with Crippen LogP contribution in [0.5, 0.6) is 0 Å². The fourth-order valence-electron chi connectivity index (χ4n) is 2.68. The summed E-state index contributed by atoms with van der Waals surface area (Å²) >= 11 is 3.56. The zero-order valence-electron chi connectivity index (χ0n) is 11.2. The van der Waals surface area contributed by atoms with Crippen LogP contribution < -0.4 is 5.32 Å². The number of hydrogen-bond donors (Lipinski definition) is 1. The van der Waals surface area contributed by atoms with Gasteiger partial charge in [0.05, 0.1) is 0 Å². The van der Waals surface area contributed by atoms with E-state index in [4.69, 9.17) is 0 Å². The van der Waals surface area contributed by atoms with Crippen molar-refractivity contribution in [1.82, 2.24) is 4.90 Å². The molecule has 1 saturated carbocycles. The van der Waals surface area contributed by atoms with Crippen molar-refractivity contribution in [3.8, 4) is 0 Å². The molecule has 0 radical (unpaired) electrons. The molecule has 2 nitrogen and oxygen atoms in total. The van der Waals surface area contributed by atoms with Crippen LogP contribution in [-0.4, -0.2) is 31.1 Å². The third kappa shape index (κ3) is 3.99. The standard InChI is InChI=1S/C15H23BrN2/c1-18(13-7-3-2-4-8-13)12-11-17-15-10-6-5-9-14(15)16/h5-6,9-10,13,17H,2-4,7-8,11-12H2,1H3. The van der Waals surface area contributed by atoms with Gasteiger partial charge in [0.1, 0.15) is 0 Å². The van der Waals surface area contributed by atoms with E-state index in [0.717, 1.165) is 23.6 Å². The Bertz CT molecular complexity index is 361. The maximum absolute atomic E-state index is 3.56. The average Bonchev–Trinajstić information content (AvgIpc) is 2.42. The fraction of sp³-hybridized carbons (Fsp3) is 0.600. The number of benzene rings is 1. The highest BCUT2D eigenvalue weighted by Crippen LogP contribution is 2.22. The summed E-state index contributed by atoms with van der Waals surface area (Å²) < 4.78 is 1.14. The first-order valence-electron chi connectivity index (χ1n) is 6.96. The van der Waals surface area contributed by atoms with Gasteiger partial charge in [-0.25, -0.2) is 0 Å². The van der Waals surface area contributed by atoms with Crippen molar-refractivity contribution in [2.45, 2.75) is 38.1 Å². The van der Waals surface area contributed by atoms with Crippen LogP contribution in [0.1, 0.15) is 32.1 Å². The van der Waals surface area contributed by atoms with Crippen molar-refractivity contribution in [1.29, 1.82) is 0 Å². The highest BCUT2D eigenvalue weighted by Gasteiger charge is 2.17. The molecule has 1 aliphatic carbocycles. The second-order valence-electron chi connectivity index (χ2n) is 5.18. The topological polar surface area (TPSA) is 15.3 Å². The lowest BCUT2D eigenvalue weighted by molar-refractivity contribution is 0.198. The Morgan fingerprint density at radius 1 is 1.22 bits per heavy atom. The third-order valence-corrected chi connectivity index (χ3v) is 4.54. The van der Waals surface area contributed by atoms with Gasteiger partial charge in [0, 0.05) is 29.3 Å². The van der Waals surface area contributed by atoms with E-state index >= 15 is 0 Å². The maximum atomic E-state index is 3.56. The van der Waals surface area contributed by atoms with Crippen LogP contribution in [0.25, 0.3) is 0 Å². The SMILES string of the molecule is CN(CCNc1ccccc1Br)C1CCCCC1. The second kappa shape index (κ2) is 7.15. The van der Waals surface area contributed by atoms with E-state index in [1.54, 1.807) is 0 Å². The summed E-state index contributed by atoms with van der Waals surface area (Å²) in [5, 5.41) is 3.49. The van der Waals surface area contributed by atoms with Crippen LogP contribution in [0.3, 0.4) is 0 Å². The Morgan fingerprint density at radius 3 is 2.67 bits per heavy atom. The summed E-state index contributed by atoms with van der Waals surface area (Å²) in [6.45, 7) is 2.13. The molecule has 1 aromatic carbocycles. The van der Waals surface area contributed by atoms with Gasteiger partial charge in [-0.05, 0) is 48.0 Å². The average molecular weight is 311 g/mol. The minimum absolute atomic E-state index is 0.805. The monoisotopic (exact) mass is 310 g/mol. The van der Waals surface area contributed by atoms with E-state index in [1.807, 2.05) is 6.07 Å². The maximum Gasteiger partial charge on any atom is 0.0485 e. The molecule has 1 aromatic rings. The Kier molecular flexibility index (Phi) is 5.51. The smallest absolute Gasteiger partial charge is 0.0485 e. The Morgan fingerprint density at radius 2 is 1.94 bits per heavy atom. The van der Waals surface area contributed by atoms with Gasteiger partial charge in [-0.2, -0.15) is 0 Å². The fourth-order valence-corrected chi connectivity index (χ4v) is 3.10. The number of hydrogen-bond acceptors (Lipinski definition) is 2. The number of nitrogens with one attached hydrogen (secondary N) is 1. The van der Waals surface area contributed by atoms with Crippen LogP contribution in [-0.2, 0) is 0 Å². The summed E-state index contributed by atoms with van der Waals surface area (Å²) in [5.74, 6) is 0. The molecule has 0 atom stereocenters. The lowest BCUT2D eigenvalue weighted by Crippen LogP contribution is -2.36. The number of likely N-dealkylation sites (N-methyl/N-ethyl adjacent to an activating group) is 1. The molecule has 0 amide bonds. The molecule has 100 valence electrons. The molecule has 1 aliphatic rings. The number of para-hydroxylation sites is 1. The summed E-state index contributed by atoms with van der Waals surface area (Å²) in [4.78, 5) is 2.52. The minimum Gasteiger partial charge on any atom is -0.383 e. The predicted octanol–water partition coefficient (Wildman–Crippen LogP) is 4.13. The molecule has 0 saturated heterocycles. The Balaban J connectivity index is 1.73. The molecule has 0 unspecified atom stereocenters. The van der Waals surface area contributed by atoms with Crippen LogP contribution in [0.15, 0.2) is 28.7 Å². The number of rotatable bonds is 5. The van der Waals surface area contributed by atoms with Crippen molar-refractivity contribution >= 4 is 21.6 Å². The lowest BCUT2D eigenvalue weighted by atomic mass is 9.94. The zero-order valence-corrected chi connectivity index (χ0v) is 12.7. The first-order valence-corrected chi connectivity index (χ1v) is 7.75. The van der Waals surface area contributed by atoms with Gasteiger partial charge in [-0.1, -0.05) is 31.4 Å². The summed E-state index contributed by atoms with van der Waals surface area (Å²) in [7, 11) is 2.26. The van der Waals surface area contributed by atoms with E-state index in [0.29, 0.717) is 0 Å². The highest BCUT2D eigenvalue weighted by atomic mass is 79.9. The Labute approximate surface area is 119 Å². The van der Waals surface area contributed by atoms with Crippen molar-refractivity contribution in [3.63, 3.8) is 0 Å². The van der Waals surface area contributed by atoms with Crippen LogP contribution in [0.4, 0.5) is 5.69 Å². The van der Waals surface area contributed by atoms with Crippen molar-refractivity contribution in [2.24, 2.45) is 0 Å². The normalized spacial score (nSPS) is 17.1.